The van der Waals surface area contributed by atoms with Crippen LogP contribution in [-0.4, -0.2) is 0 Å². The summed E-state index contributed by atoms with van der Waals surface area (Å²) >= 11 is 0. The number of hydrogen-bond donors (Lipinski definition) is 0. The molecule has 61 heavy (non-hydrogen) atoms. The van der Waals surface area contributed by atoms with Crippen LogP contribution >= 0.6 is 0 Å². The van der Waals surface area contributed by atoms with Crippen LogP contribution in [0.25, 0.3) is 77.3 Å². The number of rotatable bonds is 5. The van der Waals surface area contributed by atoms with E-state index in [1.807, 2.05) is 12.1 Å². The summed E-state index contributed by atoms with van der Waals surface area (Å²) in [7, 11) is 0. The topological polar surface area (TPSA) is 29.5 Å². The predicted octanol–water partition coefficient (Wildman–Crippen LogP) is 16.0. The van der Waals surface area contributed by atoms with Gasteiger partial charge in [0, 0.05) is 55.1 Å². The first-order valence-electron chi connectivity index (χ1n) is 22.2. The molecule has 10 aromatic rings. The van der Waals surface area contributed by atoms with E-state index in [2.05, 4.69) is 169 Å². The molecular weight excluding hydrogens is 743 g/mol. The van der Waals surface area contributed by atoms with E-state index in [0.717, 1.165) is 101 Å². The number of nitrogens with zero attached hydrogens (tertiary/aromatic N) is 1. The van der Waals surface area contributed by atoms with Crippen LogP contribution < -0.4 is 4.90 Å². The summed E-state index contributed by atoms with van der Waals surface area (Å²) in [6.45, 7) is 0. The van der Waals surface area contributed by atoms with Crippen molar-refractivity contribution < 1.29 is 8.83 Å². The maximum absolute atomic E-state index is 6.48. The van der Waals surface area contributed by atoms with Crippen molar-refractivity contribution in [2.75, 3.05) is 4.90 Å². The number of benzene rings is 8. The van der Waals surface area contributed by atoms with Gasteiger partial charge in [0.2, 0.25) is 0 Å². The summed E-state index contributed by atoms with van der Waals surface area (Å²) in [4.78, 5) is 2.45. The first kappa shape index (κ1) is 33.9. The monoisotopic (exact) mass is 785 g/mol. The molecule has 0 atom stereocenters. The SMILES string of the molecule is c1ccc2c(c1)-c1cc(N(c3ccc(-c4cccc5c4oc4ccccc45)cc3)c3ccc(-c4cccc5c4oc4ccccc45)cc3)ccc1C21C2CC3CC(C2)CC1C3. The van der Waals surface area contributed by atoms with Crippen molar-refractivity contribution >= 4 is 60.9 Å². The fraction of sp³-hybridized carbons (Fsp3) is 0.172. The minimum atomic E-state index is 0.140. The Morgan fingerprint density at radius 2 is 0.836 bits per heavy atom. The van der Waals surface area contributed by atoms with Gasteiger partial charge in [0.1, 0.15) is 22.3 Å². The molecule has 4 saturated carbocycles. The Kier molecular flexibility index (Phi) is 7.01. The smallest absolute Gasteiger partial charge is 0.143 e. The van der Waals surface area contributed by atoms with E-state index in [1.54, 1.807) is 11.1 Å². The van der Waals surface area contributed by atoms with Gasteiger partial charge in [0.05, 0.1) is 0 Å². The summed E-state index contributed by atoms with van der Waals surface area (Å²) in [5.74, 6) is 3.31. The van der Waals surface area contributed by atoms with Crippen LogP contribution in [0.1, 0.15) is 43.2 Å². The molecule has 2 heterocycles. The second kappa shape index (κ2) is 12.6. The van der Waals surface area contributed by atoms with E-state index in [1.165, 1.54) is 48.9 Å². The number of furan rings is 2. The number of fused-ring (bicyclic) bond motifs is 9. The highest BCUT2D eigenvalue weighted by atomic mass is 16.3. The highest BCUT2D eigenvalue weighted by Gasteiger charge is 2.61. The van der Waals surface area contributed by atoms with Crippen molar-refractivity contribution in [3.8, 4) is 33.4 Å². The van der Waals surface area contributed by atoms with Crippen molar-refractivity contribution in [3.63, 3.8) is 0 Å². The third-order valence-electron chi connectivity index (χ3n) is 15.5. The first-order valence-corrected chi connectivity index (χ1v) is 22.2. The van der Waals surface area contributed by atoms with Crippen LogP contribution in [0.4, 0.5) is 17.1 Å². The third-order valence-corrected chi connectivity index (χ3v) is 15.5. The van der Waals surface area contributed by atoms with Crippen molar-refractivity contribution in [2.45, 2.75) is 37.5 Å². The molecule has 0 amide bonds. The summed E-state index contributed by atoms with van der Waals surface area (Å²) in [5.41, 5.74) is 17.7. The lowest BCUT2D eigenvalue weighted by Gasteiger charge is -2.61. The molecule has 8 aromatic carbocycles. The van der Waals surface area contributed by atoms with Gasteiger partial charge in [-0.3, -0.25) is 0 Å². The van der Waals surface area contributed by atoms with Crippen LogP contribution in [0.15, 0.2) is 185 Å². The van der Waals surface area contributed by atoms with E-state index in [0.29, 0.717) is 0 Å². The Morgan fingerprint density at radius 1 is 0.377 bits per heavy atom. The van der Waals surface area contributed by atoms with Gasteiger partial charge in [0.25, 0.3) is 0 Å². The molecule has 0 unspecified atom stereocenters. The molecule has 2 aromatic heterocycles. The molecule has 1 spiro atoms. The molecule has 0 radical (unpaired) electrons. The average molecular weight is 786 g/mol. The quantitative estimate of drug-likeness (QED) is 0.174. The van der Waals surface area contributed by atoms with E-state index < -0.39 is 0 Å². The molecule has 292 valence electrons. The molecule has 4 bridgehead atoms. The molecule has 5 aliphatic rings. The predicted molar refractivity (Wildman–Crippen MR) is 250 cm³/mol. The van der Waals surface area contributed by atoms with Gasteiger partial charge in [-0.15, -0.1) is 0 Å². The minimum absolute atomic E-state index is 0.140. The highest BCUT2D eigenvalue weighted by molar-refractivity contribution is 6.10. The summed E-state index contributed by atoms with van der Waals surface area (Å²) in [5, 5.41) is 4.59. The zero-order chi connectivity index (χ0) is 39.8. The second-order valence-corrected chi connectivity index (χ2v) is 18.4. The Balaban J connectivity index is 0.913. The second-order valence-electron chi connectivity index (χ2n) is 18.4. The molecule has 3 nitrogen and oxygen atoms in total. The average Bonchev–Trinajstić information content (AvgIpc) is 3.97. The number of hydrogen-bond acceptors (Lipinski definition) is 3. The standard InChI is InChI=1S/C58H43NO2/c1-4-16-52-46(9-1)51-34-43(27-28-53(51)58(52)39-30-35-29-36(32-39)33-40(58)31-35)59(41-23-19-37(20-24-41)44-12-7-14-49-47-10-2-5-17-54(47)60-56(44)49)42-25-21-38(22-26-42)45-13-8-15-50-48-11-3-6-18-55(48)61-57(45)50/h1-28,34-36,39-40H,29-33H2. The Labute approximate surface area is 354 Å². The zero-order valence-corrected chi connectivity index (χ0v) is 33.9. The lowest BCUT2D eigenvalue weighted by Crippen LogP contribution is -2.55. The zero-order valence-electron chi connectivity index (χ0n) is 33.9. The molecule has 5 aliphatic carbocycles. The highest BCUT2D eigenvalue weighted by Crippen LogP contribution is 2.69. The number of anilines is 3. The van der Waals surface area contributed by atoms with Gasteiger partial charge < -0.3 is 13.7 Å². The van der Waals surface area contributed by atoms with E-state index in [-0.39, 0.29) is 5.41 Å². The van der Waals surface area contributed by atoms with Gasteiger partial charge in [-0.05, 0) is 138 Å². The van der Waals surface area contributed by atoms with Gasteiger partial charge in [-0.2, -0.15) is 0 Å². The van der Waals surface area contributed by atoms with E-state index in [9.17, 15) is 0 Å². The van der Waals surface area contributed by atoms with Crippen molar-refractivity contribution in [1.29, 1.82) is 0 Å². The maximum atomic E-state index is 6.48. The van der Waals surface area contributed by atoms with Crippen LogP contribution in [0.3, 0.4) is 0 Å². The largest absolute Gasteiger partial charge is 0.455 e. The molecule has 3 heteroatoms. The van der Waals surface area contributed by atoms with Crippen LogP contribution in [0.2, 0.25) is 0 Å². The van der Waals surface area contributed by atoms with Crippen LogP contribution in [-0.2, 0) is 5.41 Å². The normalized spacial score (nSPS) is 22.2. The molecule has 15 rings (SSSR count). The van der Waals surface area contributed by atoms with Crippen molar-refractivity contribution in [2.24, 2.45) is 23.7 Å². The summed E-state index contributed by atoms with van der Waals surface area (Å²) < 4.78 is 13.0. The van der Waals surface area contributed by atoms with Gasteiger partial charge in [-0.1, -0.05) is 127 Å². The fourth-order valence-electron chi connectivity index (χ4n) is 13.3. The van der Waals surface area contributed by atoms with Gasteiger partial charge in [-0.25, -0.2) is 0 Å². The summed E-state index contributed by atoms with van der Waals surface area (Å²) in [6, 6.07) is 64.7. The van der Waals surface area contributed by atoms with Gasteiger partial charge >= 0.3 is 0 Å². The lowest BCUT2D eigenvalue weighted by molar-refractivity contribution is -0.0399. The van der Waals surface area contributed by atoms with Crippen LogP contribution in [0.5, 0.6) is 0 Å². The Bertz CT molecular complexity index is 3200. The van der Waals surface area contributed by atoms with Gasteiger partial charge in [0.15, 0.2) is 0 Å². The maximum Gasteiger partial charge on any atom is 0.143 e. The molecular formula is C58H43NO2. The number of para-hydroxylation sites is 4. The van der Waals surface area contributed by atoms with Crippen molar-refractivity contribution in [3.05, 3.63) is 187 Å². The molecule has 0 saturated heterocycles. The molecule has 4 fully saturated rings. The molecule has 0 aliphatic heterocycles. The Hall–Kier alpha value is -6.84. The van der Waals surface area contributed by atoms with Crippen molar-refractivity contribution in [1.82, 2.24) is 0 Å². The van der Waals surface area contributed by atoms with Crippen LogP contribution in [0, 0.1) is 23.7 Å². The fourth-order valence-corrected chi connectivity index (χ4v) is 13.3. The molecule has 0 N–H and O–H groups in total. The van der Waals surface area contributed by atoms with E-state index >= 15 is 0 Å². The third kappa shape index (κ3) is 4.75. The first-order chi connectivity index (χ1) is 30.2. The lowest BCUT2D eigenvalue weighted by atomic mass is 9.43. The summed E-state index contributed by atoms with van der Waals surface area (Å²) in [6.07, 6.45) is 7.01. The minimum Gasteiger partial charge on any atom is -0.455 e. The van der Waals surface area contributed by atoms with E-state index in [4.69, 9.17) is 8.83 Å². The Morgan fingerprint density at radius 3 is 1.41 bits per heavy atom.